The average Bonchev–Trinajstić information content (AvgIpc) is 2.49. The lowest BCUT2D eigenvalue weighted by atomic mass is 9.76. The summed E-state index contributed by atoms with van der Waals surface area (Å²) in [7, 11) is 0. The molecule has 20 heavy (non-hydrogen) atoms. The molecule has 0 bridgehead atoms. The summed E-state index contributed by atoms with van der Waals surface area (Å²) >= 11 is 0. The highest BCUT2D eigenvalue weighted by atomic mass is 19.1. The minimum atomic E-state index is -0.0577. The van der Waals surface area contributed by atoms with Crippen molar-refractivity contribution in [3.63, 3.8) is 0 Å². The highest BCUT2D eigenvalue weighted by Crippen LogP contribution is 2.33. The van der Waals surface area contributed by atoms with E-state index in [4.69, 9.17) is 0 Å². The van der Waals surface area contributed by atoms with Crippen molar-refractivity contribution in [2.75, 3.05) is 6.54 Å². The Bertz CT molecular complexity index is 396. The van der Waals surface area contributed by atoms with Gasteiger partial charge in [0.25, 0.3) is 0 Å². The van der Waals surface area contributed by atoms with Crippen molar-refractivity contribution < 1.29 is 4.39 Å². The second-order valence-electron chi connectivity index (χ2n) is 6.15. The standard InChI is InChI=1S/C18H28FN/c1-3-14-9-11-15(12-10-14)18(20-4-2)13-16-7-5-6-8-17(16)19/h5-8,14-15,18,20H,3-4,9-13H2,1-2H3. The maximum Gasteiger partial charge on any atom is 0.126 e. The van der Waals surface area contributed by atoms with E-state index in [0.29, 0.717) is 12.0 Å². The Kier molecular flexibility index (Phi) is 6.03. The fourth-order valence-electron chi connectivity index (χ4n) is 3.57. The second kappa shape index (κ2) is 7.78. The number of hydrogen-bond acceptors (Lipinski definition) is 1. The van der Waals surface area contributed by atoms with Gasteiger partial charge in [-0.3, -0.25) is 0 Å². The monoisotopic (exact) mass is 277 g/mol. The van der Waals surface area contributed by atoms with Gasteiger partial charge in [0.15, 0.2) is 0 Å². The zero-order valence-electron chi connectivity index (χ0n) is 12.9. The molecule has 2 rings (SSSR count). The summed E-state index contributed by atoms with van der Waals surface area (Å²) in [6.07, 6.45) is 7.42. The molecular weight excluding hydrogens is 249 g/mol. The lowest BCUT2D eigenvalue weighted by Crippen LogP contribution is -2.40. The Morgan fingerprint density at radius 3 is 2.45 bits per heavy atom. The number of rotatable bonds is 6. The number of nitrogens with one attached hydrogen (secondary N) is 1. The molecule has 0 radical (unpaired) electrons. The van der Waals surface area contributed by atoms with Crippen LogP contribution in [-0.2, 0) is 6.42 Å². The van der Waals surface area contributed by atoms with Crippen molar-refractivity contribution >= 4 is 0 Å². The van der Waals surface area contributed by atoms with E-state index in [9.17, 15) is 4.39 Å². The lowest BCUT2D eigenvalue weighted by molar-refractivity contribution is 0.217. The zero-order valence-corrected chi connectivity index (χ0v) is 12.9. The van der Waals surface area contributed by atoms with E-state index in [2.05, 4.69) is 19.2 Å². The van der Waals surface area contributed by atoms with Gasteiger partial charge in [-0.25, -0.2) is 4.39 Å². The molecule has 0 heterocycles. The molecule has 1 aliphatic rings. The van der Waals surface area contributed by atoms with Gasteiger partial charge in [0, 0.05) is 6.04 Å². The Morgan fingerprint density at radius 1 is 1.15 bits per heavy atom. The largest absolute Gasteiger partial charge is 0.314 e. The van der Waals surface area contributed by atoms with Crippen molar-refractivity contribution in [3.8, 4) is 0 Å². The van der Waals surface area contributed by atoms with Crippen LogP contribution >= 0.6 is 0 Å². The molecule has 0 spiro atoms. The first-order valence-electron chi connectivity index (χ1n) is 8.21. The van der Waals surface area contributed by atoms with Crippen LogP contribution in [0.4, 0.5) is 4.39 Å². The van der Waals surface area contributed by atoms with E-state index >= 15 is 0 Å². The van der Waals surface area contributed by atoms with E-state index in [1.807, 2.05) is 12.1 Å². The molecule has 1 nitrogen and oxygen atoms in total. The minimum absolute atomic E-state index is 0.0577. The third kappa shape index (κ3) is 4.05. The van der Waals surface area contributed by atoms with Crippen LogP contribution < -0.4 is 5.32 Å². The Hall–Kier alpha value is -0.890. The smallest absolute Gasteiger partial charge is 0.126 e. The Morgan fingerprint density at radius 2 is 1.85 bits per heavy atom. The van der Waals surface area contributed by atoms with E-state index in [1.165, 1.54) is 32.1 Å². The number of halogens is 1. The van der Waals surface area contributed by atoms with Crippen LogP contribution in [0.5, 0.6) is 0 Å². The van der Waals surface area contributed by atoms with Crippen LogP contribution in [0, 0.1) is 17.7 Å². The second-order valence-corrected chi connectivity index (χ2v) is 6.15. The van der Waals surface area contributed by atoms with Gasteiger partial charge in [0.05, 0.1) is 0 Å². The third-order valence-electron chi connectivity index (χ3n) is 4.90. The summed E-state index contributed by atoms with van der Waals surface area (Å²) in [6.45, 7) is 5.41. The normalized spacial score (nSPS) is 24.6. The predicted molar refractivity (Wildman–Crippen MR) is 83.3 cm³/mol. The van der Waals surface area contributed by atoms with Gasteiger partial charge in [0.1, 0.15) is 5.82 Å². The molecule has 1 aromatic rings. The van der Waals surface area contributed by atoms with E-state index in [-0.39, 0.29) is 5.82 Å². The van der Waals surface area contributed by atoms with Gasteiger partial charge in [-0.2, -0.15) is 0 Å². The van der Waals surface area contributed by atoms with Crippen molar-refractivity contribution in [3.05, 3.63) is 35.6 Å². The van der Waals surface area contributed by atoms with Gasteiger partial charge in [-0.05, 0) is 49.3 Å². The topological polar surface area (TPSA) is 12.0 Å². The summed E-state index contributed by atoms with van der Waals surface area (Å²) in [6, 6.07) is 7.64. The maximum atomic E-state index is 13.8. The molecule has 1 aliphatic carbocycles. The van der Waals surface area contributed by atoms with Crippen LogP contribution in [0.25, 0.3) is 0 Å². The summed E-state index contributed by atoms with van der Waals surface area (Å²) in [5.41, 5.74) is 0.857. The minimum Gasteiger partial charge on any atom is -0.314 e. The average molecular weight is 277 g/mol. The molecule has 112 valence electrons. The molecule has 0 amide bonds. The highest BCUT2D eigenvalue weighted by Gasteiger charge is 2.27. The quantitative estimate of drug-likeness (QED) is 0.803. The molecule has 1 saturated carbocycles. The van der Waals surface area contributed by atoms with E-state index in [0.717, 1.165) is 24.4 Å². The first kappa shape index (κ1) is 15.5. The van der Waals surface area contributed by atoms with Gasteiger partial charge in [0.2, 0.25) is 0 Å². The molecule has 0 aromatic heterocycles. The van der Waals surface area contributed by atoms with Crippen molar-refractivity contribution in [2.45, 2.75) is 58.4 Å². The first-order valence-corrected chi connectivity index (χ1v) is 8.21. The highest BCUT2D eigenvalue weighted by molar-refractivity contribution is 5.18. The maximum absolute atomic E-state index is 13.8. The fourth-order valence-corrected chi connectivity index (χ4v) is 3.57. The predicted octanol–water partition coefficient (Wildman–Crippen LogP) is 4.56. The third-order valence-corrected chi connectivity index (χ3v) is 4.90. The van der Waals surface area contributed by atoms with Crippen molar-refractivity contribution in [1.29, 1.82) is 0 Å². The summed E-state index contributed by atoms with van der Waals surface area (Å²) in [4.78, 5) is 0. The van der Waals surface area contributed by atoms with Crippen LogP contribution in [0.15, 0.2) is 24.3 Å². The summed E-state index contributed by atoms with van der Waals surface area (Å²) < 4.78 is 13.8. The molecule has 1 aromatic carbocycles. The number of benzene rings is 1. The molecule has 0 saturated heterocycles. The number of hydrogen-bond donors (Lipinski definition) is 1. The van der Waals surface area contributed by atoms with Crippen LogP contribution in [-0.4, -0.2) is 12.6 Å². The van der Waals surface area contributed by atoms with E-state index in [1.54, 1.807) is 12.1 Å². The van der Waals surface area contributed by atoms with Gasteiger partial charge >= 0.3 is 0 Å². The molecular formula is C18H28FN. The molecule has 1 N–H and O–H groups in total. The van der Waals surface area contributed by atoms with Crippen LogP contribution in [0.3, 0.4) is 0 Å². The fraction of sp³-hybridized carbons (Fsp3) is 0.667. The van der Waals surface area contributed by atoms with Crippen LogP contribution in [0.2, 0.25) is 0 Å². The number of likely N-dealkylation sites (N-methyl/N-ethyl adjacent to an activating group) is 1. The Balaban J connectivity index is 1.99. The molecule has 2 heteroatoms. The van der Waals surface area contributed by atoms with Crippen molar-refractivity contribution in [2.24, 2.45) is 11.8 Å². The summed E-state index contributed by atoms with van der Waals surface area (Å²) in [5.74, 6) is 1.57. The summed E-state index contributed by atoms with van der Waals surface area (Å²) in [5, 5.41) is 3.59. The zero-order chi connectivity index (χ0) is 14.4. The van der Waals surface area contributed by atoms with Gasteiger partial charge < -0.3 is 5.32 Å². The molecule has 1 fully saturated rings. The van der Waals surface area contributed by atoms with E-state index < -0.39 is 0 Å². The molecule has 0 aliphatic heterocycles. The molecule has 1 unspecified atom stereocenters. The first-order chi connectivity index (χ1) is 9.74. The van der Waals surface area contributed by atoms with Crippen molar-refractivity contribution in [1.82, 2.24) is 5.32 Å². The van der Waals surface area contributed by atoms with Gasteiger partial charge in [-0.1, -0.05) is 51.3 Å². The van der Waals surface area contributed by atoms with Gasteiger partial charge in [-0.15, -0.1) is 0 Å². The SMILES string of the molecule is CCNC(Cc1ccccc1F)C1CCC(CC)CC1. The molecule has 1 atom stereocenters. The lowest BCUT2D eigenvalue weighted by Gasteiger charge is -2.34. The Labute approximate surface area is 123 Å². The van der Waals surface area contributed by atoms with Crippen LogP contribution in [0.1, 0.15) is 51.5 Å².